The maximum absolute atomic E-state index is 12.8. The van der Waals surface area contributed by atoms with Gasteiger partial charge in [0.05, 0.1) is 17.1 Å². The Labute approximate surface area is 204 Å². The van der Waals surface area contributed by atoms with Crippen LogP contribution in [0.15, 0.2) is 64.1 Å². The molecule has 2 aromatic carbocycles. The van der Waals surface area contributed by atoms with Gasteiger partial charge in [0.2, 0.25) is 0 Å². The summed E-state index contributed by atoms with van der Waals surface area (Å²) < 4.78 is 32.3. The molecule has 1 fully saturated rings. The lowest BCUT2D eigenvalue weighted by Gasteiger charge is -2.32. The van der Waals surface area contributed by atoms with Gasteiger partial charge in [0.1, 0.15) is 5.75 Å². The van der Waals surface area contributed by atoms with E-state index in [1.54, 1.807) is 12.1 Å². The minimum absolute atomic E-state index is 0.0702. The highest BCUT2D eigenvalue weighted by molar-refractivity contribution is 9.10. The molecule has 33 heavy (non-hydrogen) atoms. The van der Waals surface area contributed by atoms with E-state index in [4.69, 9.17) is 4.65 Å². The summed E-state index contributed by atoms with van der Waals surface area (Å²) in [6, 6.07) is 15.2. The van der Waals surface area contributed by atoms with E-state index in [2.05, 4.69) is 15.9 Å². The van der Waals surface area contributed by atoms with Crippen molar-refractivity contribution < 1.29 is 23.2 Å². The van der Waals surface area contributed by atoms with Gasteiger partial charge in [0, 0.05) is 16.4 Å². The summed E-state index contributed by atoms with van der Waals surface area (Å²) in [6.45, 7) is 2.04. The molecule has 5 nitrogen and oxygen atoms in total. The van der Waals surface area contributed by atoms with Crippen LogP contribution in [0, 0.1) is 0 Å². The summed E-state index contributed by atoms with van der Waals surface area (Å²) in [5.41, 5.74) is 4.53. The van der Waals surface area contributed by atoms with E-state index in [0.717, 1.165) is 39.6 Å². The van der Waals surface area contributed by atoms with Gasteiger partial charge < -0.3 is 14.8 Å². The van der Waals surface area contributed by atoms with Crippen LogP contribution in [0.4, 0.5) is 0 Å². The van der Waals surface area contributed by atoms with Crippen molar-refractivity contribution in [3.8, 4) is 5.75 Å². The van der Waals surface area contributed by atoms with Crippen LogP contribution in [0.5, 0.6) is 5.75 Å². The van der Waals surface area contributed by atoms with Crippen molar-refractivity contribution in [3.05, 3.63) is 75.3 Å². The molecule has 0 bridgehead atoms. The molecule has 1 saturated heterocycles. The number of fused-ring (bicyclic) bond motifs is 1. The van der Waals surface area contributed by atoms with Crippen LogP contribution >= 0.6 is 15.9 Å². The summed E-state index contributed by atoms with van der Waals surface area (Å²) in [4.78, 5) is 0. The van der Waals surface area contributed by atoms with Crippen LogP contribution in [0.25, 0.3) is 11.6 Å². The van der Waals surface area contributed by atoms with Crippen molar-refractivity contribution in [1.82, 2.24) is 0 Å². The Morgan fingerprint density at radius 3 is 2.73 bits per heavy atom. The molecule has 0 radical (unpaired) electrons. The van der Waals surface area contributed by atoms with Gasteiger partial charge >= 0.3 is 7.12 Å². The fraction of sp³-hybridized carbons (Fsp3) is 0.360. The van der Waals surface area contributed by atoms with Gasteiger partial charge in [-0.1, -0.05) is 65.2 Å². The standard InChI is InChI=1S/C25H28BBrO5S/c1-2-6-19-16-33(30,31)24-15-26(29)32-23(25(19)24)12-9-18(17-7-4-3-5-8-17)13-20-14-21(27)10-11-22(20)28/h3-5,7-8,10-11,13-14,23-24,28-29H,2,6,9,12,15-16H2,1H3/b18-13-/t23-,24+/m1/s1. The lowest BCUT2D eigenvalue weighted by atomic mass is 9.74. The van der Waals surface area contributed by atoms with Crippen molar-refractivity contribution in [3.63, 3.8) is 0 Å². The van der Waals surface area contributed by atoms with Crippen LogP contribution in [0.1, 0.15) is 43.7 Å². The number of rotatable bonds is 7. The minimum atomic E-state index is -3.30. The Morgan fingerprint density at radius 2 is 2.00 bits per heavy atom. The van der Waals surface area contributed by atoms with Crippen LogP contribution in [0.3, 0.4) is 0 Å². The minimum Gasteiger partial charge on any atom is -0.507 e. The largest absolute Gasteiger partial charge is 0.507 e. The molecular formula is C25H28BBrO5S. The highest BCUT2D eigenvalue weighted by Gasteiger charge is 2.48. The number of benzene rings is 2. The predicted molar refractivity (Wildman–Crippen MR) is 137 cm³/mol. The van der Waals surface area contributed by atoms with E-state index in [1.807, 2.05) is 49.4 Å². The number of sulfone groups is 1. The van der Waals surface area contributed by atoms with E-state index in [-0.39, 0.29) is 17.8 Å². The second kappa shape index (κ2) is 10.2. The maximum atomic E-state index is 12.8. The molecule has 0 spiro atoms. The van der Waals surface area contributed by atoms with Crippen molar-refractivity contribution in [2.45, 2.75) is 50.3 Å². The van der Waals surface area contributed by atoms with Gasteiger partial charge in [-0.2, -0.15) is 0 Å². The van der Waals surface area contributed by atoms with Gasteiger partial charge in [0.25, 0.3) is 0 Å². The fourth-order valence-electron chi connectivity index (χ4n) is 4.87. The second-order valence-corrected chi connectivity index (χ2v) is 11.8. The van der Waals surface area contributed by atoms with Crippen molar-refractivity contribution in [1.29, 1.82) is 0 Å². The number of phenolic OH excluding ortho intramolecular Hbond substituents is 1. The smallest absolute Gasteiger partial charge is 0.456 e. The zero-order valence-electron chi connectivity index (χ0n) is 18.6. The summed E-state index contributed by atoms with van der Waals surface area (Å²) in [5, 5.41) is 20.0. The van der Waals surface area contributed by atoms with Gasteiger partial charge in [-0.3, -0.25) is 0 Å². The molecule has 0 saturated carbocycles. The number of allylic oxidation sites excluding steroid dienone is 1. The van der Waals surface area contributed by atoms with Crippen LogP contribution in [0.2, 0.25) is 6.32 Å². The third kappa shape index (κ3) is 5.45. The molecule has 0 aliphatic carbocycles. The third-order valence-electron chi connectivity index (χ3n) is 6.34. The molecule has 2 aliphatic heterocycles. The van der Waals surface area contributed by atoms with E-state index in [0.29, 0.717) is 18.4 Å². The Kier molecular flexibility index (Phi) is 7.48. The zero-order valence-corrected chi connectivity index (χ0v) is 21.0. The lowest BCUT2D eigenvalue weighted by molar-refractivity contribution is 0.171. The Balaban J connectivity index is 1.66. The normalized spacial score (nSPS) is 22.5. The Hall–Kier alpha value is -1.87. The van der Waals surface area contributed by atoms with E-state index in [1.165, 1.54) is 0 Å². The summed E-state index contributed by atoms with van der Waals surface area (Å²) in [5.74, 6) is 0.256. The first-order valence-electron chi connectivity index (χ1n) is 11.3. The predicted octanol–water partition coefficient (Wildman–Crippen LogP) is 5.25. The SMILES string of the molecule is CCCC1=C2[C@@H](CC/C(=C/c3cc(Br)ccc3O)c3ccccc3)OB(O)C[C@@H]2S(=O)(=O)C1. The van der Waals surface area contributed by atoms with E-state index in [9.17, 15) is 18.5 Å². The first kappa shape index (κ1) is 24.3. The Morgan fingerprint density at radius 1 is 1.24 bits per heavy atom. The molecule has 0 amide bonds. The molecule has 0 unspecified atom stereocenters. The molecule has 4 rings (SSSR count). The summed E-state index contributed by atoms with van der Waals surface area (Å²) in [7, 11) is -4.39. The van der Waals surface area contributed by atoms with Crippen LogP contribution in [-0.2, 0) is 14.5 Å². The van der Waals surface area contributed by atoms with E-state index < -0.39 is 28.3 Å². The molecule has 174 valence electrons. The number of halogens is 1. The lowest BCUT2D eigenvalue weighted by Crippen LogP contribution is -2.41. The van der Waals surface area contributed by atoms with Crippen LogP contribution < -0.4 is 0 Å². The first-order chi connectivity index (χ1) is 15.8. The molecular weight excluding hydrogens is 503 g/mol. The van der Waals surface area contributed by atoms with Crippen molar-refractivity contribution in [2.75, 3.05) is 5.75 Å². The number of hydrogen-bond donors (Lipinski definition) is 2. The Bertz CT molecular complexity index is 1180. The second-order valence-electron chi connectivity index (χ2n) is 8.70. The van der Waals surface area contributed by atoms with Crippen molar-refractivity contribution in [2.24, 2.45) is 0 Å². The van der Waals surface area contributed by atoms with Gasteiger partial charge in [-0.25, -0.2) is 8.42 Å². The van der Waals surface area contributed by atoms with E-state index >= 15 is 0 Å². The highest BCUT2D eigenvalue weighted by atomic mass is 79.9. The quantitative estimate of drug-likeness (QED) is 0.290. The highest BCUT2D eigenvalue weighted by Crippen LogP contribution is 2.41. The first-order valence-corrected chi connectivity index (χ1v) is 13.8. The molecule has 2 atom stereocenters. The topological polar surface area (TPSA) is 83.8 Å². The molecule has 2 aromatic rings. The maximum Gasteiger partial charge on any atom is 0.456 e. The molecule has 2 heterocycles. The number of hydrogen-bond acceptors (Lipinski definition) is 5. The summed E-state index contributed by atoms with van der Waals surface area (Å²) >= 11 is 3.46. The van der Waals surface area contributed by atoms with Crippen molar-refractivity contribution >= 4 is 44.5 Å². The van der Waals surface area contributed by atoms with Gasteiger partial charge in [-0.05, 0) is 60.2 Å². The number of aromatic hydroxyl groups is 1. The molecule has 8 heteroatoms. The fourth-order valence-corrected chi connectivity index (χ4v) is 7.41. The number of phenols is 1. The summed E-state index contributed by atoms with van der Waals surface area (Å²) in [6.07, 6.45) is 4.36. The molecule has 2 N–H and O–H groups in total. The average Bonchev–Trinajstić information content (AvgIpc) is 3.03. The van der Waals surface area contributed by atoms with Gasteiger partial charge in [0.15, 0.2) is 9.84 Å². The zero-order chi connectivity index (χ0) is 23.6. The van der Waals surface area contributed by atoms with Crippen LogP contribution in [-0.4, -0.2) is 42.8 Å². The van der Waals surface area contributed by atoms with Gasteiger partial charge in [-0.15, -0.1) is 0 Å². The molecule has 0 aromatic heterocycles. The average molecular weight is 531 g/mol. The third-order valence-corrected chi connectivity index (χ3v) is 8.90. The molecule has 2 aliphatic rings. The monoisotopic (exact) mass is 530 g/mol.